The molecule has 6 heteroatoms. The molecular formula is C19H19N5O. The van der Waals surface area contributed by atoms with Gasteiger partial charge in [0.1, 0.15) is 5.69 Å². The van der Waals surface area contributed by atoms with E-state index in [1.165, 1.54) is 0 Å². The van der Waals surface area contributed by atoms with Gasteiger partial charge in [-0.15, -0.1) is 0 Å². The molecule has 1 aromatic carbocycles. The van der Waals surface area contributed by atoms with E-state index in [0.29, 0.717) is 18.8 Å². The number of benzene rings is 1. The Labute approximate surface area is 146 Å². The number of nitrogens with zero attached hydrogens (tertiary/aromatic N) is 4. The maximum atomic E-state index is 12.7. The van der Waals surface area contributed by atoms with Crippen molar-refractivity contribution < 1.29 is 4.79 Å². The maximum Gasteiger partial charge on any atom is 0.272 e. The third-order valence-corrected chi connectivity index (χ3v) is 4.47. The van der Waals surface area contributed by atoms with Crippen molar-refractivity contribution in [1.29, 1.82) is 0 Å². The molecule has 4 rings (SSSR count). The molecule has 2 aromatic heterocycles. The minimum Gasteiger partial charge on any atom is -0.368 e. The second-order valence-electron chi connectivity index (χ2n) is 6.02. The van der Waals surface area contributed by atoms with E-state index < -0.39 is 0 Å². The van der Waals surface area contributed by atoms with Gasteiger partial charge in [0.25, 0.3) is 5.91 Å². The van der Waals surface area contributed by atoms with Crippen molar-refractivity contribution in [2.24, 2.45) is 0 Å². The highest BCUT2D eigenvalue weighted by molar-refractivity contribution is 5.93. The van der Waals surface area contributed by atoms with Gasteiger partial charge in [0, 0.05) is 49.8 Å². The number of carbonyl (C=O) groups excluding carboxylic acids is 1. The summed E-state index contributed by atoms with van der Waals surface area (Å²) in [5.41, 5.74) is 3.48. The second kappa shape index (κ2) is 6.76. The van der Waals surface area contributed by atoms with E-state index in [0.717, 1.165) is 30.0 Å². The quantitative estimate of drug-likeness (QED) is 0.799. The molecule has 0 unspecified atom stereocenters. The van der Waals surface area contributed by atoms with Crippen LogP contribution in [-0.4, -0.2) is 52.2 Å². The van der Waals surface area contributed by atoms with E-state index in [1.54, 1.807) is 12.4 Å². The zero-order chi connectivity index (χ0) is 17.1. The summed E-state index contributed by atoms with van der Waals surface area (Å²) in [5, 5.41) is 7.16. The normalized spacial score (nSPS) is 14.6. The van der Waals surface area contributed by atoms with Crippen molar-refractivity contribution in [2.75, 3.05) is 31.1 Å². The lowest BCUT2D eigenvalue weighted by molar-refractivity contribution is 0.0741. The molecule has 0 spiro atoms. The maximum absolute atomic E-state index is 12.7. The first-order chi connectivity index (χ1) is 12.3. The summed E-state index contributed by atoms with van der Waals surface area (Å²) < 4.78 is 0. The minimum absolute atomic E-state index is 0.00376. The summed E-state index contributed by atoms with van der Waals surface area (Å²) in [6, 6.07) is 15.7. The van der Waals surface area contributed by atoms with E-state index >= 15 is 0 Å². The molecule has 1 fully saturated rings. The molecule has 0 aliphatic carbocycles. The van der Waals surface area contributed by atoms with E-state index in [-0.39, 0.29) is 5.91 Å². The smallest absolute Gasteiger partial charge is 0.272 e. The number of anilines is 1. The molecule has 3 aromatic rings. The Morgan fingerprint density at radius 1 is 0.960 bits per heavy atom. The number of nitrogens with one attached hydrogen (secondary N) is 1. The van der Waals surface area contributed by atoms with Crippen LogP contribution in [0.15, 0.2) is 60.9 Å². The number of hydrogen-bond acceptors (Lipinski definition) is 4. The first-order valence-electron chi connectivity index (χ1n) is 8.36. The Morgan fingerprint density at radius 3 is 2.40 bits per heavy atom. The number of hydrogen-bond donors (Lipinski definition) is 1. The summed E-state index contributed by atoms with van der Waals surface area (Å²) >= 11 is 0. The number of aromatic amines is 1. The highest BCUT2D eigenvalue weighted by Gasteiger charge is 2.23. The number of rotatable bonds is 3. The monoisotopic (exact) mass is 333 g/mol. The van der Waals surface area contributed by atoms with Gasteiger partial charge in [0.15, 0.2) is 0 Å². The summed E-state index contributed by atoms with van der Waals surface area (Å²) in [7, 11) is 0. The fourth-order valence-electron chi connectivity index (χ4n) is 3.08. The topological polar surface area (TPSA) is 65.1 Å². The molecule has 0 radical (unpaired) electrons. The first-order valence-corrected chi connectivity index (χ1v) is 8.36. The molecule has 6 nitrogen and oxygen atoms in total. The largest absolute Gasteiger partial charge is 0.368 e. The predicted octanol–water partition coefficient (Wildman–Crippen LogP) is 2.43. The van der Waals surface area contributed by atoms with Crippen molar-refractivity contribution in [3.63, 3.8) is 0 Å². The SMILES string of the molecule is O=C(c1cc(-c2ccccc2)n[nH]1)N1CCN(c2ccncc2)CC1. The molecule has 1 saturated heterocycles. The summed E-state index contributed by atoms with van der Waals surface area (Å²) in [6.07, 6.45) is 3.59. The Balaban J connectivity index is 1.42. The number of aromatic nitrogens is 3. The van der Waals surface area contributed by atoms with Gasteiger partial charge in [-0.25, -0.2) is 0 Å². The van der Waals surface area contributed by atoms with Crippen LogP contribution in [0.5, 0.6) is 0 Å². The Kier molecular flexibility index (Phi) is 4.16. The van der Waals surface area contributed by atoms with E-state index in [4.69, 9.17) is 0 Å². The highest BCUT2D eigenvalue weighted by atomic mass is 16.2. The van der Waals surface area contributed by atoms with Crippen molar-refractivity contribution in [3.8, 4) is 11.3 Å². The Morgan fingerprint density at radius 2 is 1.68 bits per heavy atom. The zero-order valence-corrected chi connectivity index (χ0v) is 13.8. The lowest BCUT2D eigenvalue weighted by atomic mass is 10.1. The lowest BCUT2D eigenvalue weighted by Crippen LogP contribution is -2.48. The van der Waals surface area contributed by atoms with Crippen LogP contribution in [0.4, 0.5) is 5.69 Å². The molecule has 126 valence electrons. The van der Waals surface area contributed by atoms with E-state index in [2.05, 4.69) is 20.1 Å². The number of amides is 1. The standard InChI is InChI=1S/C19H19N5O/c25-19(18-14-17(21-22-18)15-4-2-1-3-5-15)24-12-10-23(11-13-24)16-6-8-20-9-7-16/h1-9,14H,10-13H2,(H,21,22). The van der Waals surface area contributed by atoms with Crippen LogP contribution in [0.3, 0.4) is 0 Å². The van der Waals surface area contributed by atoms with Crippen molar-refractivity contribution in [3.05, 3.63) is 66.6 Å². The Bertz CT molecular complexity index is 839. The van der Waals surface area contributed by atoms with Gasteiger partial charge >= 0.3 is 0 Å². The van der Waals surface area contributed by atoms with Gasteiger partial charge in [-0.1, -0.05) is 30.3 Å². The van der Waals surface area contributed by atoms with Crippen molar-refractivity contribution in [1.82, 2.24) is 20.1 Å². The van der Waals surface area contributed by atoms with Gasteiger partial charge in [0.2, 0.25) is 0 Å². The van der Waals surface area contributed by atoms with Crippen LogP contribution in [0.25, 0.3) is 11.3 Å². The molecule has 25 heavy (non-hydrogen) atoms. The van der Waals surface area contributed by atoms with Gasteiger partial charge < -0.3 is 9.80 Å². The molecule has 1 aliphatic rings. The number of carbonyl (C=O) groups is 1. The van der Waals surface area contributed by atoms with E-state index in [9.17, 15) is 4.79 Å². The summed E-state index contributed by atoms with van der Waals surface area (Å²) in [6.45, 7) is 3.02. The van der Waals surface area contributed by atoms with Crippen LogP contribution >= 0.6 is 0 Å². The zero-order valence-electron chi connectivity index (χ0n) is 13.8. The number of piperazine rings is 1. The van der Waals surface area contributed by atoms with Gasteiger partial charge in [-0.05, 0) is 18.2 Å². The van der Waals surface area contributed by atoms with Crippen LogP contribution in [0.2, 0.25) is 0 Å². The molecule has 0 bridgehead atoms. The number of pyridine rings is 1. The first kappa shape index (κ1) is 15.4. The molecular weight excluding hydrogens is 314 g/mol. The molecule has 0 saturated carbocycles. The van der Waals surface area contributed by atoms with Crippen molar-refractivity contribution in [2.45, 2.75) is 0 Å². The molecule has 1 aliphatic heterocycles. The highest BCUT2D eigenvalue weighted by Crippen LogP contribution is 2.19. The fraction of sp³-hybridized carbons (Fsp3) is 0.211. The minimum atomic E-state index is 0.00376. The molecule has 1 N–H and O–H groups in total. The number of H-pyrrole nitrogens is 1. The average molecular weight is 333 g/mol. The Hall–Kier alpha value is -3.15. The third-order valence-electron chi connectivity index (χ3n) is 4.47. The van der Waals surface area contributed by atoms with E-state index in [1.807, 2.05) is 53.4 Å². The fourth-order valence-corrected chi connectivity index (χ4v) is 3.08. The second-order valence-corrected chi connectivity index (χ2v) is 6.02. The molecule has 0 atom stereocenters. The van der Waals surface area contributed by atoms with Crippen LogP contribution in [-0.2, 0) is 0 Å². The third kappa shape index (κ3) is 3.24. The van der Waals surface area contributed by atoms with Gasteiger partial charge in [-0.3, -0.25) is 14.9 Å². The van der Waals surface area contributed by atoms with Crippen LogP contribution < -0.4 is 4.90 Å². The van der Waals surface area contributed by atoms with Crippen LogP contribution in [0, 0.1) is 0 Å². The van der Waals surface area contributed by atoms with Gasteiger partial charge in [-0.2, -0.15) is 5.10 Å². The summed E-state index contributed by atoms with van der Waals surface area (Å²) in [5.74, 6) is 0.00376. The molecule has 1 amide bonds. The molecule has 3 heterocycles. The lowest BCUT2D eigenvalue weighted by Gasteiger charge is -2.35. The average Bonchev–Trinajstić information content (AvgIpc) is 3.19. The van der Waals surface area contributed by atoms with Gasteiger partial charge in [0.05, 0.1) is 5.69 Å². The van der Waals surface area contributed by atoms with Crippen LogP contribution in [0.1, 0.15) is 10.5 Å². The van der Waals surface area contributed by atoms with Crippen molar-refractivity contribution >= 4 is 11.6 Å². The summed E-state index contributed by atoms with van der Waals surface area (Å²) in [4.78, 5) is 20.9. The predicted molar refractivity (Wildman–Crippen MR) is 96.4 cm³/mol.